The first-order chi connectivity index (χ1) is 13.2. The molecule has 0 atom stereocenters. The first-order valence-corrected chi connectivity index (χ1v) is 9.83. The molecule has 0 aliphatic carbocycles. The van der Waals surface area contributed by atoms with E-state index in [1.807, 2.05) is 11.8 Å². The third-order valence-corrected chi connectivity index (χ3v) is 5.58. The van der Waals surface area contributed by atoms with E-state index in [9.17, 15) is 9.18 Å². The van der Waals surface area contributed by atoms with Crippen LogP contribution in [0.4, 0.5) is 10.2 Å². The first-order valence-electron chi connectivity index (χ1n) is 9.06. The molecule has 1 aliphatic heterocycles. The van der Waals surface area contributed by atoms with Crippen LogP contribution in [-0.4, -0.2) is 51.3 Å². The highest BCUT2D eigenvalue weighted by Gasteiger charge is 2.24. The molecule has 0 saturated carbocycles. The molecule has 140 valence electrons. The zero-order valence-corrected chi connectivity index (χ0v) is 15.9. The molecule has 1 amide bonds. The number of rotatable bonds is 4. The minimum atomic E-state index is -0.274. The molecule has 1 fully saturated rings. The van der Waals surface area contributed by atoms with Gasteiger partial charge in [0.05, 0.1) is 0 Å². The molecule has 0 unspecified atom stereocenters. The number of carbonyl (C=O) groups is 1. The van der Waals surface area contributed by atoms with E-state index in [-0.39, 0.29) is 11.7 Å². The van der Waals surface area contributed by atoms with Crippen molar-refractivity contribution in [2.24, 2.45) is 0 Å². The molecule has 1 aliphatic rings. The molecule has 6 nitrogen and oxygen atoms in total. The number of halogens is 1. The van der Waals surface area contributed by atoms with Gasteiger partial charge in [0.1, 0.15) is 28.1 Å². The van der Waals surface area contributed by atoms with E-state index in [0.717, 1.165) is 46.8 Å². The fourth-order valence-electron chi connectivity index (χ4n) is 3.31. The number of hydrogen-bond donors (Lipinski definition) is 0. The molecule has 0 N–H and O–H groups in total. The van der Waals surface area contributed by atoms with Crippen LogP contribution in [0.15, 0.2) is 30.6 Å². The van der Waals surface area contributed by atoms with Crippen molar-refractivity contribution in [3.63, 3.8) is 0 Å². The van der Waals surface area contributed by atoms with Gasteiger partial charge in [-0.15, -0.1) is 0 Å². The summed E-state index contributed by atoms with van der Waals surface area (Å²) < 4.78 is 18.7. The Labute approximate surface area is 160 Å². The van der Waals surface area contributed by atoms with Gasteiger partial charge in [0.25, 0.3) is 0 Å². The van der Waals surface area contributed by atoms with Gasteiger partial charge in [-0.05, 0) is 42.2 Å². The van der Waals surface area contributed by atoms with Crippen LogP contribution in [0.2, 0.25) is 0 Å². The van der Waals surface area contributed by atoms with Crippen molar-refractivity contribution in [3.8, 4) is 11.3 Å². The number of benzene rings is 1. The summed E-state index contributed by atoms with van der Waals surface area (Å²) in [6.45, 7) is 4.91. The number of anilines is 1. The van der Waals surface area contributed by atoms with Crippen LogP contribution in [0.25, 0.3) is 21.5 Å². The molecule has 3 aromatic rings. The lowest BCUT2D eigenvalue weighted by Gasteiger charge is -2.35. The van der Waals surface area contributed by atoms with Gasteiger partial charge in [-0.2, -0.15) is 4.37 Å². The largest absolute Gasteiger partial charge is 0.352 e. The number of carbonyl (C=O) groups excluding carboxylic acids is 1. The summed E-state index contributed by atoms with van der Waals surface area (Å²) in [7, 11) is 0. The van der Waals surface area contributed by atoms with E-state index in [2.05, 4.69) is 19.2 Å². The van der Waals surface area contributed by atoms with Crippen molar-refractivity contribution in [3.05, 3.63) is 36.4 Å². The summed E-state index contributed by atoms with van der Waals surface area (Å²) >= 11 is 1.36. The summed E-state index contributed by atoms with van der Waals surface area (Å²) in [4.78, 5) is 25.1. The van der Waals surface area contributed by atoms with Crippen molar-refractivity contribution in [1.82, 2.24) is 19.2 Å². The zero-order chi connectivity index (χ0) is 18.8. The molecule has 2 aromatic heterocycles. The Morgan fingerprint density at radius 3 is 2.59 bits per heavy atom. The molecular weight excluding hydrogens is 365 g/mol. The van der Waals surface area contributed by atoms with Gasteiger partial charge < -0.3 is 9.80 Å². The highest BCUT2D eigenvalue weighted by molar-refractivity contribution is 7.14. The Morgan fingerprint density at radius 1 is 1.15 bits per heavy atom. The predicted molar refractivity (Wildman–Crippen MR) is 104 cm³/mol. The van der Waals surface area contributed by atoms with Gasteiger partial charge in [0.15, 0.2) is 5.82 Å². The highest BCUT2D eigenvalue weighted by atomic mass is 32.1. The van der Waals surface area contributed by atoms with Crippen molar-refractivity contribution in [2.45, 2.75) is 19.8 Å². The topological polar surface area (TPSA) is 62.2 Å². The van der Waals surface area contributed by atoms with Crippen LogP contribution in [0.5, 0.6) is 0 Å². The van der Waals surface area contributed by atoms with Crippen LogP contribution in [0.3, 0.4) is 0 Å². The monoisotopic (exact) mass is 385 g/mol. The lowest BCUT2D eigenvalue weighted by Crippen LogP contribution is -2.49. The fraction of sp³-hybridized carbons (Fsp3) is 0.368. The Kier molecular flexibility index (Phi) is 4.98. The van der Waals surface area contributed by atoms with Crippen molar-refractivity contribution in [1.29, 1.82) is 0 Å². The second-order valence-electron chi connectivity index (χ2n) is 6.53. The number of piperazine rings is 1. The minimum Gasteiger partial charge on any atom is -0.352 e. The molecule has 1 saturated heterocycles. The van der Waals surface area contributed by atoms with Crippen molar-refractivity contribution < 1.29 is 9.18 Å². The molecule has 27 heavy (non-hydrogen) atoms. The molecule has 0 bridgehead atoms. The Balaban J connectivity index is 1.59. The third-order valence-electron chi connectivity index (χ3n) is 4.75. The summed E-state index contributed by atoms with van der Waals surface area (Å²) in [6, 6.07) is 6.28. The van der Waals surface area contributed by atoms with E-state index in [4.69, 9.17) is 0 Å². The molecular formula is C19H20FN5OS. The quantitative estimate of drug-likeness (QED) is 0.689. The number of fused-ring (bicyclic) bond motifs is 1. The standard InChI is InChI=1S/C19H20FN5OS/c1-2-3-15(26)24-8-10-25(11-9-24)19-18-17(21-12-22-19)16(23-27-18)13-4-6-14(20)7-5-13/h4-7,12H,2-3,8-11H2,1H3. The zero-order valence-electron chi connectivity index (χ0n) is 15.1. The Morgan fingerprint density at radius 2 is 1.89 bits per heavy atom. The van der Waals surface area contributed by atoms with Crippen molar-refractivity contribution in [2.75, 3.05) is 31.1 Å². The van der Waals surface area contributed by atoms with Gasteiger partial charge in [0, 0.05) is 38.2 Å². The second kappa shape index (κ2) is 7.56. The summed E-state index contributed by atoms with van der Waals surface area (Å²) in [6.07, 6.45) is 3.03. The molecule has 0 radical (unpaired) electrons. The smallest absolute Gasteiger partial charge is 0.222 e. The maximum atomic E-state index is 13.2. The molecule has 8 heteroatoms. The van der Waals surface area contributed by atoms with E-state index in [1.54, 1.807) is 18.5 Å². The van der Waals surface area contributed by atoms with E-state index < -0.39 is 0 Å². The lowest BCUT2D eigenvalue weighted by molar-refractivity contribution is -0.131. The summed E-state index contributed by atoms with van der Waals surface area (Å²) in [5.41, 5.74) is 2.36. The number of aromatic nitrogens is 3. The third kappa shape index (κ3) is 3.49. The Bertz CT molecular complexity index is 950. The van der Waals surface area contributed by atoms with Crippen molar-refractivity contribution >= 4 is 33.5 Å². The number of nitrogens with zero attached hydrogens (tertiary/aromatic N) is 5. The minimum absolute atomic E-state index is 0.223. The average molecular weight is 385 g/mol. The number of hydrogen-bond acceptors (Lipinski definition) is 6. The summed E-state index contributed by atoms with van der Waals surface area (Å²) in [5.74, 6) is 0.805. The Hall–Kier alpha value is -2.61. The van der Waals surface area contributed by atoms with Crippen LogP contribution >= 0.6 is 11.5 Å². The lowest BCUT2D eigenvalue weighted by atomic mass is 10.1. The van der Waals surface area contributed by atoms with Crippen LogP contribution < -0.4 is 4.90 Å². The van der Waals surface area contributed by atoms with E-state index in [1.165, 1.54) is 23.7 Å². The van der Waals surface area contributed by atoms with Gasteiger partial charge in [-0.3, -0.25) is 4.79 Å². The number of amides is 1. The second-order valence-corrected chi connectivity index (χ2v) is 7.30. The van der Waals surface area contributed by atoms with Crippen LogP contribution in [0, 0.1) is 5.82 Å². The average Bonchev–Trinajstić information content (AvgIpc) is 3.13. The molecule has 1 aromatic carbocycles. The van der Waals surface area contributed by atoms with Gasteiger partial charge in [0.2, 0.25) is 5.91 Å². The van der Waals surface area contributed by atoms with E-state index in [0.29, 0.717) is 19.5 Å². The SMILES string of the molecule is CCCC(=O)N1CCN(c2ncnc3c(-c4ccc(F)cc4)nsc23)CC1. The van der Waals surface area contributed by atoms with Crippen LogP contribution in [-0.2, 0) is 4.79 Å². The molecule has 0 spiro atoms. The maximum absolute atomic E-state index is 13.2. The fourth-order valence-corrected chi connectivity index (χ4v) is 4.19. The maximum Gasteiger partial charge on any atom is 0.222 e. The molecule has 3 heterocycles. The first kappa shape index (κ1) is 17.8. The highest BCUT2D eigenvalue weighted by Crippen LogP contribution is 2.34. The van der Waals surface area contributed by atoms with Crippen LogP contribution in [0.1, 0.15) is 19.8 Å². The predicted octanol–water partition coefficient (Wildman–Crippen LogP) is 3.34. The van der Waals surface area contributed by atoms with Gasteiger partial charge >= 0.3 is 0 Å². The van der Waals surface area contributed by atoms with E-state index >= 15 is 0 Å². The molecule has 4 rings (SSSR count). The van der Waals surface area contributed by atoms with Gasteiger partial charge in [-0.25, -0.2) is 14.4 Å². The summed E-state index contributed by atoms with van der Waals surface area (Å²) in [5, 5.41) is 0. The normalized spacial score (nSPS) is 14.7. The van der Waals surface area contributed by atoms with Gasteiger partial charge in [-0.1, -0.05) is 6.92 Å².